The second-order valence-electron chi connectivity index (χ2n) is 4.43. The maximum atomic E-state index is 5.70. The summed E-state index contributed by atoms with van der Waals surface area (Å²) < 4.78 is 6.99. The molecule has 18 heavy (non-hydrogen) atoms. The van der Waals surface area contributed by atoms with Crippen LogP contribution in [-0.4, -0.2) is 11.0 Å². The van der Waals surface area contributed by atoms with Gasteiger partial charge < -0.3 is 4.74 Å². The zero-order chi connectivity index (χ0) is 13.1. The highest BCUT2D eigenvalue weighted by atomic mass is 127. The number of benzene rings is 1. The maximum absolute atomic E-state index is 5.70. The molecule has 0 radical (unpaired) electrons. The lowest BCUT2D eigenvalue weighted by molar-refractivity contribution is 0.304. The van der Waals surface area contributed by atoms with Crippen molar-refractivity contribution in [3.8, 4) is 5.75 Å². The van der Waals surface area contributed by atoms with Crippen molar-refractivity contribution in [3.63, 3.8) is 0 Å². The number of halogens is 1. The summed E-state index contributed by atoms with van der Waals surface area (Å²) in [4.78, 5) is 0. The highest BCUT2D eigenvalue weighted by Gasteiger charge is 1.94. The Morgan fingerprint density at radius 1 is 0.944 bits per heavy atom. The van der Waals surface area contributed by atoms with Crippen LogP contribution in [0.15, 0.2) is 30.8 Å². The quantitative estimate of drug-likeness (QED) is 0.306. The second-order valence-corrected chi connectivity index (χ2v) is 5.51. The Morgan fingerprint density at radius 3 is 2.17 bits per heavy atom. The Labute approximate surface area is 125 Å². The van der Waals surface area contributed by atoms with Crippen LogP contribution in [0.4, 0.5) is 0 Å². The minimum atomic E-state index is 0.833. The second kappa shape index (κ2) is 10.4. The smallest absolute Gasteiger partial charge is 0.119 e. The van der Waals surface area contributed by atoms with Crippen LogP contribution in [0, 0.1) is 0 Å². The molecule has 0 heterocycles. The molecule has 2 heteroatoms. The van der Waals surface area contributed by atoms with Crippen molar-refractivity contribution in [2.75, 3.05) is 11.0 Å². The summed E-state index contributed by atoms with van der Waals surface area (Å²) in [5, 5.41) is 0. The van der Waals surface area contributed by atoms with Gasteiger partial charge in [0, 0.05) is 0 Å². The van der Waals surface area contributed by atoms with Gasteiger partial charge in [-0.05, 0) is 35.0 Å². The van der Waals surface area contributed by atoms with Crippen molar-refractivity contribution in [1.29, 1.82) is 0 Å². The fraction of sp³-hybridized carbons (Fsp3) is 0.500. The first-order valence-electron chi connectivity index (χ1n) is 6.78. The Kier molecular flexibility index (Phi) is 9.00. The van der Waals surface area contributed by atoms with E-state index in [-0.39, 0.29) is 0 Å². The molecule has 0 aliphatic heterocycles. The molecule has 0 bridgehead atoms. The molecule has 0 aliphatic carbocycles. The monoisotopic (exact) mass is 358 g/mol. The number of alkyl halides is 1. The minimum absolute atomic E-state index is 0.833. The van der Waals surface area contributed by atoms with Crippen LogP contribution in [0.5, 0.6) is 5.75 Å². The van der Waals surface area contributed by atoms with Crippen molar-refractivity contribution in [2.24, 2.45) is 0 Å². The summed E-state index contributed by atoms with van der Waals surface area (Å²) >= 11 is 2.45. The molecular formula is C16H23IO. The summed E-state index contributed by atoms with van der Waals surface area (Å²) in [6.45, 7) is 4.57. The van der Waals surface area contributed by atoms with Crippen molar-refractivity contribution >= 4 is 28.7 Å². The molecule has 0 atom stereocenters. The third-order valence-electron chi connectivity index (χ3n) is 2.91. The molecule has 0 saturated heterocycles. The first-order chi connectivity index (χ1) is 8.86. The highest BCUT2D eigenvalue weighted by molar-refractivity contribution is 14.1. The lowest BCUT2D eigenvalue weighted by Gasteiger charge is -2.06. The van der Waals surface area contributed by atoms with Gasteiger partial charge in [-0.1, -0.05) is 73.1 Å². The summed E-state index contributed by atoms with van der Waals surface area (Å²) in [5.41, 5.74) is 1.14. The van der Waals surface area contributed by atoms with Gasteiger partial charge >= 0.3 is 0 Å². The zero-order valence-corrected chi connectivity index (χ0v) is 13.2. The molecule has 0 fully saturated rings. The van der Waals surface area contributed by atoms with Crippen LogP contribution in [0.1, 0.15) is 44.1 Å². The first-order valence-corrected chi connectivity index (χ1v) is 8.30. The maximum Gasteiger partial charge on any atom is 0.119 e. The topological polar surface area (TPSA) is 9.23 Å². The zero-order valence-electron chi connectivity index (χ0n) is 11.0. The molecule has 0 aliphatic rings. The third-order valence-corrected chi connectivity index (χ3v) is 3.68. The number of unbranched alkanes of at least 4 members (excludes halogenated alkanes) is 5. The summed E-state index contributed by atoms with van der Waals surface area (Å²) in [7, 11) is 0. The third kappa shape index (κ3) is 7.04. The van der Waals surface area contributed by atoms with Gasteiger partial charge in [0.2, 0.25) is 0 Å². The fourth-order valence-corrected chi connectivity index (χ4v) is 2.33. The summed E-state index contributed by atoms with van der Waals surface area (Å²) in [6.07, 6.45) is 9.75. The van der Waals surface area contributed by atoms with E-state index in [0.717, 1.165) is 24.3 Å². The fourth-order valence-electron chi connectivity index (χ4n) is 1.79. The Bertz CT molecular complexity index is 318. The van der Waals surface area contributed by atoms with Gasteiger partial charge in [-0.25, -0.2) is 0 Å². The molecule has 0 aromatic heterocycles. The average molecular weight is 358 g/mol. The van der Waals surface area contributed by atoms with Gasteiger partial charge in [0.25, 0.3) is 0 Å². The predicted molar refractivity (Wildman–Crippen MR) is 88.6 cm³/mol. The van der Waals surface area contributed by atoms with Gasteiger partial charge in [0.1, 0.15) is 5.75 Å². The highest BCUT2D eigenvalue weighted by Crippen LogP contribution is 2.14. The summed E-state index contributed by atoms with van der Waals surface area (Å²) in [6, 6.07) is 8.09. The van der Waals surface area contributed by atoms with Gasteiger partial charge in [-0.2, -0.15) is 0 Å². The molecule has 0 saturated carbocycles. The molecule has 0 amide bonds. The Balaban J connectivity index is 2.01. The summed E-state index contributed by atoms with van der Waals surface area (Å²) in [5.74, 6) is 0.963. The lowest BCUT2D eigenvalue weighted by Crippen LogP contribution is -1.97. The van der Waals surface area contributed by atoms with Crippen LogP contribution < -0.4 is 4.74 Å². The normalized spacial score (nSPS) is 10.3. The van der Waals surface area contributed by atoms with Crippen LogP contribution in [0.3, 0.4) is 0 Å². The number of hydrogen-bond acceptors (Lipinski definition) is 1. The van der Waals surface area contributed by atoms with E-state index >= 15 is 0 Å². The van der Waals surface area contributed by atoms with Gasteiger partial charge in [0.05, 0.1) is 6.61 Å². The van der Waals surface area contributed by atoms with E-state index in [9.17, 15) is 0 Å². The number of hydrogen-bond donors (Lipinski definition) is 0. The van der Waals surface area contributed by atoms with E-state index in [4.69, 9.17) is 4.74 Å². The van der Waals surface area contributed by atoms with Crippen LogP contribution in [-0.2, 0) is 0 Å². The van der Waals surface area contributed by atoms with Crippen molar-refractivity contribution in [3.05, 3.63) is 36.4 Å². The van der Waals surface area contributed by atoms with Crippen molar-refractivity contribution < 1.29 is 4.74 Å². The van der Waals surface area contributed by atoms with E-state index in [1.807, 2.05) is 30.3 Å². The average Bonchev–Trinajstić information content (AvgIpc) is 2.42. The van der Waals surface area contributed by atoms with Crippen LogP contribution >= 0.6 is 22.6 Å². The Morgan fingerprint density at radius 2 is 1.56 bits per heavy atom. The van der Waals surface area contributed by atoms with Crippen molar-refractivity contribution in [2.45, 2.75) is 38.5 Å². The van der Waals surface area contributed by atoms with Crippen LogP contribution in [0.2, 0.25) is 0 Å². The molecule has 1 nitrogen and oxygen atoms in total. The van der Waals surface area contributed by atoms with E-state index in [0.29, 0.717) is 0 Å². The minimum Gasteiger partial charge on any atom is -0.494 e. The predicted octanol–water partition coefficient (Wildman–Crippen LogP) is 5.48. The molecule has 100 valence electrons. The molecule has 1 aromatic carbocycles. The largest absolute Gasteiger partial charge is 0.494 e. The Hall–Kier alpha value is -0.510. The molecular weight excluding hydrogens is 335 g/mol. The van der Waals surface area contributed by atoms with Gasteiger partial charge in [-0.3, -0.25) is 0 Å². The van der Waals surface area contributed by atoms with Gasteiger partial charge in [-0.15, -0.1) is 0 Å². The van der Waals surface area contributed by atoms with E-state index in [2.05, 4.69) is 29.2 Å². The number of rotatable bonds is 10. The SMILES string of the molecule is C=Cc1ccc(OCCCCCCCCI)cc1. The first kappa shape index (κ1) is 15.5. The molecule has 0 N–H and O–H groups in total. The standard InChI is InChI=1S/C16H23IO/c1-2-15-9-11-16(12-10-15)18-14-8-6-4-3-5-7-13-17/h2,9-12H,1,3-8,13-14H2. The van der Waals surface area contributed by atoms with E-state index in [1.165, 1.54) is 36.5 Å². The lowest BCUT2D eigenvalue weighted by atomic mass is 10.1. The van der Waals surface area contributed by atoms with E-state index < -0.39 is 0 Å². The molecule has 1 rings (SSSR count). The van der Waals surface area contributed by atoms with Gasteiger partial charge in [0.15, 0.2) is 0 Å². The van der Waals surface area contributed by atoms with Crippen LogP contribution in [0.25, 0.3) is 6.08 Å². The molecule has 1 aromatic rings. The van der Waals surface area contributed by atoms with Crippen molar-refractivity contribution in [1.82, 2.24) is 0 Å². The molecule has 0 spiro atoms. The van der Waals surface area contributed by atoms with E-state index in [1.54, 1.807) is 0 Å². The number of ether oxygens (including phenoxy) is 1. The molecule has 0 unspecified atom stereocenters.